The maximum atomic E-state index is 6.64. The van der Waals surface area contributed by atoms with E-state index in [0.717, 1.165) is 0 Å². The van der Waals surface area contributed by atoms with Gasteiger partial charge in [0.2, 0.25) is 0 Å². The van der Waals surface area contributed by atoms with Gasteiger partial charge in [-0.05, 0) is 6.92 Å². The van der Waals surface area contributed by atoms with Crippen LogP contribution in [0.5, 0.6) is 0 Å². The number of hydrogen-bond donors (Lipinski definition) is 0. The Bertz CT molecular complexity index is 18.9. The molecule has 0 aromatic heterocycles. The van der Waals surface area contributed by atoms with E-state index in [0.29, 0.717) is 0 Å². The summed E-state index contributed by atoms with van der Waals surface area (Å²) in [5.41, 5.74) is 13.1. The summed E-state index contributed by atoms with van der Waals surface area (Å²) < 4.78 is 0. The molecule has 0 aliphatic carbocycles. The third-order valence-electron chi connectivity index (χ3n) is 0.306. The van der Waals surface area contributed by atoms with Crippen LogP contribution >= 0.6 is 0 Å². The molecule has 1 atom stereocenters. The molecular formula is C3H8N2. The lowest BCUT2D eigenvalue weighted by Crippen LogP contribution is -2.08. The first-order valence-electron chi connectivity index (χ1n) is 1.63. The average molecular weight is 72.1 g/mol. The van der Waals surface area contributed by atoms with Crippen LogP contribution in [0.15, 0.2) is 0 Å². The number of nitrogens with one attached hydrogen (secondary N) is 2. The molecular weight excluding hydrogens is 64.0 g/mol. The molecule has 0 heterocycles. The van der Waals surface area contributed by atoms with E-state index in [1.165, 1.54) is 0 Å². The lowest BCUT2D eigenvalue weighted by Gasteiger charge is -1.89. The predicted molar refractivity (Wildman–Crippen MR) is 20.5 cm³/mol. The SMILES string of the molecule is CC([NH])C[NH]. The van der Waals surface area contributed by atoms with E-state index in [2.05, 4.69) is 0 Å². The van der Waals surface area contributed by atoms with Gasteiger partial charge in [-0.25, -0.2) is 0 Å². The highest BCUT2D eigenvalue weighted by atomic mass is 14.7. The molecule has 0 saturated carbocycles. The van der Waals surface area contributed by atoms with Gasteiger partial charge in [0.15, 0.2) is 0 Å². The van der Waals surface area contributed by atoms with Crippen molar-refractivity contribution in [3.05, 3.63) is 0 Å². The molecule has 2 heteroatoms. The summed E-state index contributed by atoms with van der Waals surface area (Å²) in [4.78, 5) is 0. The monoisotopic (exact) mass is 72.1 g/mol. The van der Waals surface area contributed by atoms with Crippen LogP contribution in [-0.4, -0.2) is 12.6 Å². The second-order valence-electron chi connectivity index (χ2n) is 1.11. The second-order valence-corrected chi connectivity index (χ2v) is 1.11. The van der Waals surface area contributed by atoms with Crippen molar-refractivity contribution in [2.45, 2.75) is 13.0 Å². The van der Waals surface area contributed by atoms with E-state index in [1.807, 2.05) is 0 Å². The predicted octanol–water partition coefficient (Wildman–Crippen LogP) is -0.0593. The van der Waals surface area contributed by atoms with Gasteiger partial charge in [-0.15, -0.1) is 0 Å². The maximum absolute atomic E-state index is 6.64. The Balaban J connectivity index is 2.54. The summed E-state index contributed by atoms with van der Waals surface area (Å²) in [5, 5.41) is 0. The molecule has 0 fully saturated rings. The van der Waals surface area contributed by atoms with Gasteiger partial charge >= 0.3 is 0 Å². The quantitative estimate of drug-likeness (QED) is 0.416. The highest BCUT2D eigenvalue weighted by molar-refractivity contribution is 4.46. The van der Waals surface area contributed by atoms with E-state index < -0.39 is 0 Å². The molecule has 0 aliphatic rings. The minimum Gasteiger partial charge on any atom is -0.256 e. The zero-order valence-electron chi connectivity index (χ0n) is 3.28. The van der Waals surface area contributed by atoms with Crippen LogP contribution in [0.2, 0.25) is 0 Å². The van der Waals surface area contributed by atoms with Gasteiger partial charge in [-0.1, -0.05) is 0 Å². The third kappa shape index (κ3) is 3.92. The van der Waals surface area contributed by atoms with Crippen molar-refractivity contribution in [2.24, 2.45) is 0 Å². The fourth-order valence-corrected chi connectivity index (χ4v) is 0. The fraction of sp³-hybridized carbons (Fsp3) is 1.00. The van der Waals surface area contributed by atoms with Crippen molar-refractivity contribution in [3.63, 3.8) is 0 Å². The third-order valence-corrected chi connectivity index (χ3v) is 0.306. The van der Waals surface area contributed by atoms with Crippen LogP contribution in [0.4, 0.5) is 0 Å². The molecule has 2 radical (unpaired) electrons. The van der Waals surface area contributed by atoms with Crippen molar-refractivity contribution in [1.29, 1.82) is 0 Å². The van der Waals surface area contributed by atoms with E-state index in [4.69, 9.17) is 11.5 Å². The van der Waals surface area contributed by atoms with Crippen molar-refractivity contribution in [3.8, 4) is 0 Å². The zero-order valence-corrected chi connectivity index (χ0v) is 3.28. The van der Waals surface area contributed by atoms with Crippen LogP contribution in [-0.2, 0) is 0 Å². The Hall–Kier alpha value is -0.0800. The van der Waals surface area contributed by atoms with Crippen LogP contribution in [0, 0.1) is 0 Å². The minimum absolute atomic E-state index is 0.199. The summed E-state index contributed by atoms with van der Waals surface area (Å²) in [7, 11) is 0. The Labute approximate surface area is 32.1 Å². The van der Waals surface area contributed by atoms with Gasteiger partial charge in [0, 0.05) is 12.6 Å². The van der Waals surface area contributed by atoms with Gasteiger partial charge in [-0.3, -0.25) is 11.5 Å². The normalized spacial score (nSPS) is 15.0. The topological polar surface area (TPSA) is 47.6 Å². The molecule has 0 saturated heterocycles. The van der Waals surface area contributed by atoms with E-state index in [1.54, 1.807) is 6.92 Å². The fourth-order valence-electron chi connectivity index (χ4n) is 0. The van der Waals surface area contributed by atoms with E-state index in [9.17, 15) is 0 Å². The summed E-state index contributed by atoms with van der Waals surface area (Å²) in [6, 6.07) is -0.199. The van der Waals surface area contributed by atoms with Gasteiger partial charge in [0.25, 0.3) is 0 Å². The van der Waals surface area contributed by atoms with Crippen LogP contribution in [0.1, 0.15) is 6.92 Å². The molecule has 2 N–H and O–H groups in total. The molecule has 0 rings (SSSR count). The van der Waals surface area contributed by atoms with Gasteiger partial charge in [0.1, 0.15) is 0 Å². The summed E-state index contributed by atoms with van der Waals surface area (Å²) in [6.45, 7) is 1.92. The molecule has 0 aliphatic heterocycles. The van der Waals surface area contributed by atoms with Crippen molar-refractivity contribution in [1.82, 2.24) is 11.5 Å². The average Bonchev–Trinajstić information content (AvgIpc) is 1.38. The van der Waals surface area contributed by atoms with Crippen molar-refractivity contribution < 1.29 is 0 Å². The van der Waals surface area contributed by atoms with Crippen LogP contribution in [0.3, 0.4) is 0 Å². The molecule has 0 spiro atoms. The molecule has 0 aromatic rings. The molecule has 5 heavy (non-hydrogen) atoms. The van der Waals surface area contributed by atoms with E-state index in [-0.39, 0.29) is 12.6 Å². The molecule has 0 aromatic carbocycles. The summed E-state index contributed by atoms with van der Waals surface area (Å²) in [5.74, 6) is 0. The Kier molecular flexibility index (Phi) is 2.14. The standard InChI is InChI=1S/C3H8N2/c1-3(5)2-4/h3-5H,2H2,1H3. The first-order chi connectivity index (χ1) is 2.27. The van der Waals surface area contributed by atoms with Crippen LogP contribution in [0.25, 0.3) is 0 Å². The molecule has 30 valence electrons. The largest absolute Gasteiger partial charge is 0.256 e. The highest BCUT2D eigenvalue weighted by Crippen LogP contribution is 1.65. The Morgan fingerprint density at radius 1 is 1.80 bits per heavy atom. The summed E-state index contributed by atoms with van der Waals surface area (Å²) in [6.07, 6.45) is 0. The second kappa shape index (κ2) is 2.18. The number of rotatable bonds is 1. The van der Waals surface area contributed by atoms with Gasteiger partial charge in [-0.2, -0.15) is 0 Å². The van der Waals surface area contributed by atoms with Crippen LogP contribution < -0.4 is 11.5 Å². The minimum atomic E-state index is -0.199. The molecule has 0 amide bonds. The van der Waals surface area contributed by atoms with Gasteiger partial charge in [0.05, 0.1) is 0 Å². The zero-order chi connectivity index (χ0) is 4.28. The first-order valence-corrected chi connectivity index (χ1v) is 1.63. The van der Waals surface area contributed by atoms with E-state index >= 15 is 0 Å². The lowest BCUT2D eigenvalue weighted by atomic mass is 10.4. The number of hydrogen-bond acceptors (Lipinski definition) is 0. The molecule has 2 nitrogen and oxygen atoms in total. The Morgan fingerprint density at radius 3 is 2.00 bits per heavy atom. The first kappa shape index (κ1) is 4.92. The highest BCUT2D eigenvalue weighted by Gasteiger charge is 1.82. The van der Waals surface area contributed by atoms with Crippen molar-refractivity contribution >= 4 is 0 Å². The Morgan fingerprint density at radius 2 is 2.00 bits per heavy atom. The van der Waals surface area contributed by atoms with Gasteiger partial charge < -0.3 is 0 Å². The molecule has 0 bridgehead atoms. The maximum Gasteiger partial charge on any atom is 0.0323 e. The summed E-state index contributed by atoms with van der Waals surface area (Å²) >= 11 is 0. The molecule has 1 unspecified atom stereocenters. The smallest absolute Gasteiger partial charge is 0.0323 e. The lowest BCUT2D eigenvalue weighted by molar-refractivity contribution is 0.717. The van der Waals surface area contributed by atoms with Crippen molar-refractivity contribution in [2.75, 3.05) is 6.54 Å².